The first-order chi connectivity index (χ1) is 16.2. The normalized spacial score (nSPS) is 23.6. The number of nitrogens with zero attached hydrogens (tertiary/aromatic N) is 2. The number of benzene rings is 1. The van der Waals surface area contributed by atoms with Crippen molar-refractivity contribution in [1.82, 2.24) is 9.88 Å². The fourth-order valence-corrected chi connectivity index (χ4v) is 7.04. The summed E-state index contributed by atoms with van der Waals surface area (Å²) in [6, 6.07) is 7.99. The molecule has 182 valence electrons. The zero-order chi connectivity index (χ0) is 23.0. The van der Waals surface area contributed by atoms with E-state index in [0.717, 1.165) is 66.4 Å². The van der Waals surface area contributed by atoms with Gasteiger partial charge < -0.3 is 20.5 Å². The molecule has 0 unspecified atom stereocenters. The molecule has 0 bridgehead atoms. The lowest BCUT2D eigenvalue weighted by Crippen LogP contribution is -2.43. The first-order valence-electron chi connectivity index (χ1n) is 12.8. The Morgan fingerprint density at radius 3 is 2.82 bits per heavy atom. The molecule has 2 fully saturated rings. The maximum absolute atomic E-state index is 10.1. The molecule has 2 aliphatic rings. The number of fused-ring (bicyclic) bond motifs is 1. The number of nitrogens with two attached hydrogens (primary N) is 1. The lowest BCUT2D eigenvalue weighted by Gasteiger charge is -2.38. The van der Waals surface area contributed by atoms with Crippen molar-refractivity contribution in [1.29, 1.82) is 0 Å². The van der Waals surface area contributed by atoms with Gasteiger partial charge in [0.2, 0.25) is 0 Å². The Bertz CT molecular complexity index is 874. The Morgan fingerprint density at radius 1 is 1.18 bits per heavy atom. The monoisotopic (exact) mass is 471 g/mol. The molecule has 5 nitrogen and oxygen atoms in total. The third kappa shape index (κ3) is 6.62. The number of aliphatic hydroxyl groups excluding tert-OH is 1. The van der Waals surface area contributed by atoms with E-state index < -0.39 is 0 Å². The number of hydrogen-bond donors (Lipinski definition) is 2. The summed E-state index contributed by atoms with van der Waals surface area (Å²) in [6.45, 7) is 3.62. The van der Waals surface area contributed by atoms with E-state index in [1.54, 1.807) is 7.11 Å². The van der Waals surface area contributed by atoms with Crippen LogP contribution in [0.5, 0.6) is 5.75 Å². The van der Waals surface area contributed by atoms with Crippen LogP contribution in [-0.2, 0) is 0 Å². The highest BCUT2D eigenvalue weighted by Crippen LogP contribution is 2.33. The Morgan fingerprint density at radius 2 is 2.03 bits per heavy atom. The molecule has 3 atom stereocenters. The largest absolute Gasteiger partial charge is 0.497 e. The minimum atomic E-state index is -0.0353. The van der Waals surface area contributed by atoms with Crippen molar-refractivity contribution in [2.75, 3.05) is 39.1 Å². The van der Waals surface area contributed by atoms with Crippen molar-refractivity contribution in [3.05, 3.63) is 36.0 Å². The molecule has 1 aromatic carbocycles. The number of aromatic nitrogens is 1. The van der Waals surface area contributed by atoms with Gasteiger partial charge in [0.1, 0.15) is 5.75 Å². The number of aliphatic hydroxyl groups is 1. The zero-order valence-electron chi connectivity index (χ0n) is 20.1. The average molecular weight is 472 g/mol. The SMILES string of the molecule is COc1ccc2nccc([C@H](N)CC[C@@H]3CCN(CCSC4CCCCC4)C[C@@H]3CO)c2c1. The molecule has 2 aromatic rings. The van der Waals surface area contributed by atoms with Gasteiger partial charge in [-0.25, -0.2) is 0 Å². The van der Waals surface area contributed by atoms with Gasteiger partial charge in [-0.3, -0.25) is 4.98 Å². The van der Waals surface area contributed by atoms with Crippen LogP contribution in [0, 0.1) is 11.8 Å². The summed E-state index contributed by atoms with van der Waals surface area (Å²) in [6.07, 6.45) is 12.1. The van der Waals surface area contributed by atoms with Crippen molar-refractivity contribution < 1.29 is 9.84 Å². The third-order valence-electron chi connectivity index (χ3n) is 7.75. The van der Waals surface area contributed by atoms with Crippen molar-refractivity contribution in [3.63, 3.8) is 0 Å². The molecular formula is C27H41N3O2S. The first-order valence-corrected chi connectivity index (χ1v) is 13.9. The summed E-state index contributed by atoms with van der Waals surface area (Å²) >= 11 is 2.18. The van der Waals surface area contributed by atoms with Crippen molar-refractivity contribution in [2.24, 2.45) is 17.6 Å². The van der Waals surface area contributed by atoms with Crippen LogP contribution in [0.3, 0.4) is 0 Å². The molecule has 0 spiro atoms. The highest BCUT2D eigenvalue weighted by molar-refractivity contribution is 7.99. The zero-order valence-corrected chi connectivity index (χ0v) is 20.9. The van der Waals surface area contributed by atoms with Crippen molar-refractivity contribution in [3.8, 4) is 5.75 Å². The quantitative estimate of drug-likeness (QED) is 0.507. The van der Waals surface area contributed by atoms with Gasteiger partial charge in [-0.15, -0.1) is 0 Å². The molecule has 1 saturated heterocycles. The van der Waals surface area contributed by atoms with E-state index in [4.69, 9.17) is 10.5 Å². The number of methoxy groups -OCH3 is 1. The highest BCUT2D eigenvalue weighted by atomic mass is 32.2. The minimum absolute atomic E-state index is 0.0353. The summed E-state index contributed by atoms with van der Waals surface area (Å²) < 4.78 is 5.41. The van der Waals surface area contributed by atoms with Gasteiger partial charge in [0.05, 0.1) is 12.6 Å². The molecule has 1 aliphatic heterocycles. The van der Waals surface area contributed by atoms with Gasteiger partial charge in [-0.1, -0.05) is 19.3 Å². The Hall–Kier alpha value is -1.34. The Kier molecular flexibility index (Phi) is 9.30. The fraction of sp³-hybridized carbons (Fsp3) is 0.667. The molecular weight excluding hydrogens is 430 g/mol. The summed E-state index contributed by atoms with van der Waals surface area (Å²) in [5.74, 6) is 2.97. The fourth-order valence-electron chi connectivity index (χ4n) is 5.67. The number of pyridine rings is 1. The third-order valence-corrected chi connectivity index (χ3v) is 9.11. The summed E-state index contributed by atoms with van der Waals surface area (Å²) in [5.41, 5.74) is 8.77. The first kappa shape index (κ1) is 24.8. The Labute approximate surface area is 203 Å². The topological polar surface area (TPSA) is 71.6 Å². The van der Waals surface area contributed by atoms with Gasteiger partial charge in [0, 0.05) is 48.3 Å². The lowest BCUT2D eigenvalue weighted by molar-refractivity contribution is 0.0701. The van der Waals surface area contributed by atoms with Gasteiger partial charge in [-0.05, 0) is 80.3 Å². The van der Waals surface area contributed by atoms with Crippen LogP contribution in [0.4, 0.5) is 0 Å². The van der Waals surface area contributed by atoms with Crippen LogP contribution in [0.2, 0.25) is 0 Å². The number of rotatable bonds is 10. The number of piperidine rings is 1. The number of thioether (sulfide) groups is 1. The van der Waals surface area contributed by atoms with E-state index in [-0.39, 0.29) is 12.6 Å². The second-order valence-corrected chi connectivity index (χ2v) is 11.3. The number of ether oxygens (including phenoxy) is 1. The molecule has 0 amide bonds. The number of likely N-dealkylation sites (tertiary alicyclic amines) is 1. The maximum atomic E-state index is 10.1. The molecule has 1 saturated carbocycles. The smallest absolute Gasteiger partial charge is 0.119 e. The predicted octanol–water partition coefficient (Wildman–Crippen LogP) is 5.02. The van der Waals surface area contributed by atoms with Gasteiger partial charge in [0.25, 0.3) is 0 Å². The van der Waals surface area contributed by atoms with Crippen LogP contribution >= 0.6 is 11.8 Å². The molecule has 33 heavy (non-hydrogen) atoms. The van der Waals surface area contributed by atoms with Gasteiger partial charge in [0.15, 0.2) is 0 Å². The van der Waals surface area contributed by atoms with E-state index in [0.29, 0.717) is 11.8 Å². The number of hydrogen-bond acceptors (Lipinski definition) is 6. The van der Waals surface area contributed by atoms with Crippen LogP contribution in [0.1, 0.15) is 63.0 Å². The van der Waals surface area contributed by atoms with Crippen LogP contribution < -0.4 is 10.5 Å². The summed E-state index contributed by atoms with van der Waals surface area (Å²) in [4.78, 5) is 7.07. The standard InChI is InChI=1S/C27H41N3O2S/c1-32-22-8-10-27-25(17-22)24(11-13-29-27)26(28)9-7-20-12-14-30(18-21(20)19-31)15-16-33-23-5-3-2-4-6-23/h8,10-11,13,17,20-21,23,26,31H,2-7,9,12,14-16,18-19,28H2,1H3/t20-,21-,26-/m1/s1. The Balaban J connectivity index is 1.27. The van der Waals surface area contributed by atoms with Crippen molar-refractivity contribution in [2.45, 2.75) is 62.7 Å². The minimum Gasteiger partial charge on any atom is -0.497 e. The maximum Gasteiger partial charge on any atom is 0.119 e. The van der Waals surface area contributed by atoms with Gasteiger partial charge >= 0.3 is 0 Å². The lowest BCUT2D eigenvalue weighted by atomic mass is 9.81. The van der Waals surface area contributed by atoms with E-state index in [9.17, 15) is 5.11 Å². The second-order valence-electron chi connectivity index (χ2n) is 9.89. The second kappa shape index (κ2) is 12.4. The van der Waals surface area contributed by atoms with E-state index in [1.807, 2.05) is 30.5 Å². The van der Waals surface area contributed by atoms with Crippen molar-refractivity contribution >= 4 is 22.7 Å². The molecule has 3 N–H and O–H groups in total. The summed E-state index contributed by atoms with van der Waals surface area (Å²) in [7, 11) is 1.69. The predicted molar refractivity (Wildman–Crippen MR) is 139 cm³/mol. The van der Waals surface area contributed by atoms with E-state index in [1.165, 1.54) is 37.9 Å². The molecule has 4 rings (SSSR count). The molecule has 0 radical (unpaired) electrons. The average Bonchev–Trinajstić information content (AvgIpc) is 2.87. The van der Waals surface area contributed by atoms with Crippen LogP contribution in [-0.4, -0.2) is 59.3 Å². The van der Waals surface area contributed by atoms with E-state index in [2.05, 4.69) is 21.6 Å². The molecule has 2 heterocycles. The summed E-state index contributed by atoms with van der Waals surface area (Å²) in [5, 5.41) is 12.1. The van der Waals surface area contributed by atoms with Gasteiger partial charge in [-0.2, -0.15) is 11.8 Å². The molecule has 6 heteroatoms. The van der Waals surface area contributed by atoms with Crippen LogP contribution in [0.15, 0.2) is 30.5 Å². The highest BCUT2D eigenvalue weighted by Gasteiger charge is 2.29. The van der Waals surface area contributed by atoms with E-state index >= 15 is 0 Å². The molecule has 1 aromatic heterocycles. The molecule has 1 aliphatic carbocycles. The van der Waals surface area contributed by atoms with Crippen LogP contribution in [0.25, 0.3) is 10.9 Å².